The minimum atomic E-state index is -0.0768. The van der Waals surface area contributed by atoms with E-state index in [1.54, 1.807) is 18.2 Å². The van der Waals surface area contributed by atoms with Crippen molar-refractivity contribution in [2.45, 2.75) is 45.1 Å². The number of rotatable bonds is 7. The van der Waals surface area contributed by atoms with E-state index in [2.05, 4.69) is 10.2 Å². The monoisotopic (exact) mass is 318 g/mol. The third kappa shape index (κ3) is 5.15. The van der Waals surface area contributed by atoms with E-state index in [-0.39, 0.29) is 18.3 Å². The van der Waals surface area contributed by atoms with Crippen LogP contribution in [-0.2, 0) is 4.79 Å². The van der Waals surface area contributed by atoms with Gasteiger partial charge >= 0.3 is 0 Å². The van der Waals surface area contributed by atoms with Crippen LogP contribution >= 0.6 is 0 Å². The highest BCUT2D eigenvalue weighted by Crippen LogP contribution is 2.20. The molecule has 2 N–H and O–H groups in total. The highest BCUT2D eigenvalue weighted by atomic mass is 16.3. The maximum absolute atomic E-state index is 12.2. The van der Waals surface area contributed by atoms with Gasteiger partial charge in [-0.25, -0.2) is 0 Å². The highest BCUT2D eigenvalue weighted by molar-refractivity contribution is 6.03. The van der Waals surface area contributed by atoms with Gasteiger partial charge in [-0.15, -0.1) is 0 Å². The van der Waals surface area contributed by atoms with Crippen molar-refractivity contribution in [1.82, 2.24) is 4.90 Å². The molecule has 5 heteroatoms. The summed E-state index contributed by atoms with van der Waals surface area (Å²) in [6.07, 6.45) is 4.61. The van der Waals surface area contributed by atoms with Gasteiger partial charge in [0.05, 0.1) is 5.69 Å². The normalized spacial score (nSPS) is 18.6. The third-order valence-corrected chi connectivity index (χ3v) is 4.42. The molecule has 1 aromatic rings. The minimum absolute atomic E-state index is 0.0556. The average Bonchev–Trinajstić information content (AvgIpc) is 2.54. The molecule has 2 rings (SSSR count). The first kappa shape index (κ1) is 17.6. The zero-order valence-corrected chi connectivity index (χ0v) is 13.8. The predicted octanol–water partition coefficient (Wildman–Crippen LogP) is 2.45. The fourth-order valence-corrected chi connectivity index (χ4v) is 3.19. The molecule has 1 fully saturated rings. The standard InChI is InChI=1S/C18H26N2O3/c1-14(22)16-7-2-3-8-17(16)19-18(23)9-12-20-11-5-4-6-15(20)10-13-21/h2-3,7-8,15,21H,4-6,9-13H2,1H3,(H,19,23)/t15-/m0/s1. The number of ketones is 1. The summed E-state index contributed by atoms with van der Waals surface area (Å²) in [5.41, 5.74) is 1.12. The van der Waals surface area contributed by atoms with Crippen LogP contribution in [0.15, 0.2) is 24.3 Å². The molecule has 1 aliphatic rings. The maximum atomic E-state index is 12.2. The first-order valence-electron chi connectivity index (χ1n) is 8.36. The topological polar surface area (TPSA) is 69.6 Å². The zero-order valence-electron chi connectivity index (χ0n) is 13.8. The fraction of sp³-hybridized carbons (Fsp3) is 0.556. The molecule has 1 heterocycles. The summed E-state index contributed by atoms with van der Waals surface area (Å²) in [4.78, 5) is 26.1. The Hall–Kier alpha value is -1.72. The summed E-state index contributed by atoms with van der Waals surface area (Å²) >= 11 is 0. The lowest BCUT2D eigenvalue weighted by molar-refractivity contribution is -0.116. The lowest BCUT2D eigenvalue weighted by Crippen LogP contribution is -2.41. The first-order chi connectivity index (χ1) is 11.1. The van der Waals surface area contributed by atoms with Crippen molar-refractivity contribution in [2.75, 3.05) is 25.0 Å². The Morgan fingerprint density at radius 1 is 1.30 bits per heavy atom. The summed E-state index contributed by atoms with van der Waals surface area (Å²) in [5.74, 6) is -0.132. The van der Waals surface area contributed by atoms with Crippen molar-refractivity contribution in [3.8, 4) is 0 Å². The second kappa shape index (κ2) is 8.79. The van der Waals surface area contributed by atoms with Crippen LogP contribution < -0.4 is 5.32 Å². The third-order valence-electron chi connectivity index (χ3n) is 4.42. The van der Waals surface area contributed by atoms with Gasteiger partial charge in [-0.3, -0.25) is 14.5 Å². The van der Waals surface area contributed by atoms with E-state index in [4.69, 9.17) is 5.11 Å². The number of piperidine rings is 1. The van der Waals surface area contributed by atoms with Gasteiger partial charge in [0.1, 0.15) is 0 Å². The van der Waals surface area contributed by atoms with Crippen LogP contribution in [0.4, 0.5) is 5.69 Å². The first-order valence-corrected chi connectivity index (χ1v) is 8.36. The van der Waals surface area contributed by atoms with Crippen LogP contribution in [-0.4, -0.2) is 47.4 Å². The number of anilines is 1. The number of hydrogen-bond donors (Lipinski definition) is 2. The molecule has 0 bridgehead atoms. The summed E-state index contributed by atoms with van der Waals surface area (Å²) in [7, 11) is 0. The Balaban J connectivity index is 1.88. The molecule has 126 valence electrons. The largest absolute Gasteiger partial charge is 0.396 e. The van der Waals surface area contributed by atoms with E-state index < -0.39 is 0 Å². The van der Waals surface area contributed by atoms with E-state index in [1.807, 2.05) is 6.07 Å². The van der Waals surface area contributed by atoms with Crippen LogP contribution in [0.1, 0.15) is 49.4 Å². The van der Waals surface area contributed by atoms with E-state index in [0.29, 0.717) is 30.3 Å². The van der Waals surface area contributed by atoms with Gasteiger partial charge in [0.2, 0.25) is 5.91 Å². The quantitative estimate of drug-likeness (QED) is 0.758. The van der Waals surface area contributed by atoms with Crippen molar-refractivity contribution >= 4 is 17.4 Å². The van der Waals surface area contributed by atoms with E-state index >= 15 is 0 Å². The Bertz CT molecular complexity index is 543. The van der Waals surface area contributed by atoms with Crippen molar-refractivity contribution < 1.29 is 14.7 Å². The Morgan fingerprint density at radius 3 is 2.83 bits per heavy atom. The number of nitrogens with zero attached hydrogens (tertiary/aromatic N) is 1. The van der Waals surface area contributed by atoms with Gasteiger partial charge in [0, 0.05) is 31.2 Å². The summed E-state index contributed by atoms with van der Waals surface area (Å²) in [6.45, 7) is 3.37. The maximum Gasteiger partial charge on any atom is 0.225 e. The van der Waals surface area contributed by atoms with Crippen molar-refractivity contribution in [2.24, 2.45) is 0 Å². The van der Waals surface area contributed by atoms with Gasteiger partial charge < -0.3 is 10.4 Å². The molecule has 0 unspecified atom stereocenters. The summed E-state index contributed by atoms with van der Waals surface area (Å²) < 4.78 is 0. The fourth-order valence-electron chi connectivity index (χ4n) is 3.19. The molecular weight excluding hydrogens is 292 g/mol. The molecule has 23 heavy (non-hydrogen) atoms. The van der Waals surface area contributed by atoms with Crippen molar-refractivity contribution in [1.29, 1.82) is 0 Å². The number of amides is 1. The molecule has 1 amide bonds. The number of nitrogens with one attached hydrogen (secondary N) is 1. The highest BCUT2D eigenvalue weighted by Gasteiger charge is 2.22. The van der Waals surface area contributed by atoms with Gasteiger partial charge in [0.25, 0.3) is 0 Å². The van der Waals surface area contributed by atoms with Crippen LogP contribution in [0, 0.1) is 0 Å². The lowest BCUT2D eigenvalue weighted by atomic mass is 9.99. The van der Waals surface area contributed by atoms with Gasteiger partial charge in [-0.05, 0) is 44.9 Å². The number of aliphatic hydroxyl groups excluding tert-OH is 1. The predicted molar refractivity (Wildman–Crippen MR) is 90.6 cm³/mol. The van der Waals surface area contributed by atoms with Gasteiger partial charge in [-0.2, -0.15) is 0 Å². The molecular formula is C18H26N2O3. The van der Waals surface area contributed by atoms with E-state index in [1.165, 1.54) is 13.3 Å². The number of carbonyl (C=O) groups excluding carboxylic acids is 2. The number of benzene rings is 1. The van der Waals surface area contributed by atoms with Gasteiger partial charge in [-0.1, -0.05) is 18.6 Å². The second-order valence-corrected chi connectivity index (χ2v) is 6.10. The molecule has 1 aromatic carbocycles. The SMILES string of the molecule is CC(=O)c1ccccc1NC(=O)CCN1CCCC[C@H]1CCO. The number of likely N-dealkylation sites (tertiary alicyclic amines) is 1. The number of hydrogen-bond acceptors (Lipinski definition) is 4. The molecule has 0 aromatic heterocycles. The zero-order chi connectivity index (χ0) is 16.7. The molecule has 0 radical (unpaired) electrons. The van der Waals surface area contributed by atoms with E-state index in [9.17, 15) is 9.59 Å². The van der Waals surface area contributed by atoms with Crippen LogP contribution in [0.3, 0.4) is 0 Å². The Labute approximate surface area is 137 Å². The molecule has 0 spiro atoms. The molecule has 1 aliphatic heterocycles. The van der Waals surface area contributed by atoms with E-state index in [0.717, 1.165) is 25.8 Å². The number of aliphatic hydroxyl groups is 1. The minimum Gasteiger partial charge on any atom is -0.396 e. The van der Waals surface area contributed by atoms with Crippen LogP contribution in [0.25, 0.3) is 0 Å². The van der Waals surface area contributed by atoms with Crippen molar-refractivity contribution in [3.05, 3.63) is 29.8 Å². The second-order valence-electron chi connectivity index (χ2n) is 6.10. The van der Waals surface area contributed by atoms with Crippen molar-refractivity contribution in [3.63, 3.8) is 0 Å². The smallest absolute Gasteiger partial charge is 0.225 e. The molecule has 1 atom stereocenters. The lowest BCUT2D eigenvalue weighted by Gasteiger charge is -2.35. The molecule has 1 saturated heterocycles. The summed E-state index contributed by atoms with van der Waals surface area (Å²) in [6, 6.07) is 7.46. The number of para-hydroxylation sites is 1. The molecule has 0 aliphatic carbocycles. The Kier molecular flexibility index (Phi) is 6.74. The number of Topliss-reactive ketones (excluding diaryl/α,β-unsaturated/α-hetero) is 1. The molecule has 5 nitrogen and oxygen atoms in total. The van der Waals surface area contributed by atoms with Crippen LogP contribution in [0.2, 0.25) is 0 Å². The average molecular weight is 318 g/mol. The summed E-state index contributed by atoms with van der Waals surface area (Å²) in [5, 5.41) is 12.0. The van der Waals surface area contributed by atoms with Gasteiger partial charge in [0.15, 0.2) is 5.78 Å². The Morgan fingerprint density at radius 2 is 2.09 bits per heavy atom. The number of carbonyl (C=O) groups is 2. The molecule has 0 saturated carbocycles. The van der Waals surface area contributed by atoms with Crippen LogP contribution in [0.5, 0.6) is 0 Å².